The van der Waals surface area contributed by atoms with Gasteiger partial charge in [-0.15, -0.1) is 0 Å². The Bertz CT molecular complexity index is 1340. The monoisotopic (exact) mass is 577 g/mol. The van der Waals surface area contributed by atoms with E-state index in [1.807, 2.05) is 83.1 Å². The molecule has 0 bridgehead atoms. The molecule has 0 aromatic heterocycles. The number of nitrogens with one attached hydrogen (secondary N) is 2. The van der Waals surface area contributed by atoms with E-state index in [1.54, 1.807) is 23.1 Å². The standard InChI is InChI=1S/C17H17NO2.C14H17ClN2O2.C2H6/c1-3-18-14-10-9-12(2)11-15(14)20-16(17(18)19)13-7-5-4-6-8-13;1-9(5-10(2)18)6-14(19)17-12-4-3-11(8-16)13(15)7-12;1-2/h4-11,16H,3H2,1-2H3;3-4,7-9,16H,5-6H2,1-2H3,(H,17,19);1-2H3. The summed E-state index contributed by atoms with van der Waals surface area (Å²) in [5.74, 6) is 0.732. The minimum atomic E-state index is -0.551. The molecule has 2 atom stereocenters. The first-order valence-corrected chi connectivity index (χ1v) is 14.2. The lowest BCUT2D eigenvalue weighted by molar-refractivity contribution is -0.126. The second kappa shape index (κ2) is 16.3. The Balaban J connectivity index is 0.000000271. The van der Waals surface area contributed by atoms with Crippen LogP contribution in [0.1, 0.15) is 70.3 Å². The SMILES string of the molecule is CC.CC(=O)CC(C)CC(=O)Nc1ccc(C=N)c(Cl)c1.CCN1C(=O)C(c2ccccc2)Oc2cc(C)ccc21. The molecule has 41 heavy (non-hydrogen) atoms. The van der Waals surface area contributed by atoms with E-state index in [2.05, 4.69) is 5.32 Å². The van der Waals surface area contributed by atoms with Crippen molar-refractivity contribution in [1.82, 2.24) is 0 Å². The topological polar surface area (TPSA) is 99.6 Å². The summed E-state index contributed by atoms with van der Waals surface area (Å²) < 4.78 is 5.95. The van der Waals surface area contributed by atoms with Crippen molar-refractivity contribution in [2.75, 3.05) is 16.8 Å². The molecule has 4 rings (SSSR count). The fourth-order valence-corrected chi connectivity index (χ4v) is 4.59. The van der Waals surface area contributed by atoms with Crippen molar-refractivity contribution in [2.45, 2.75) is 60.5 Å². The zero-order valence-electron chi connectivity index (χ0n) is 24.7. The highest BCUT2D eigenvalue weighted by atomic mass is 35.5. The maximum absolute atomic E-state index is 12.6. The van der Waals surface area contributed by atoms with E-state index < -0.39 is 6.10 Å². The summed E-state index contributed by atoms with van der Waals surface area (Å²) in [5, 5.41) is 10.3. The van der Waals surface area contributed by atoms with Crippen molar-refractivity contribution in [2.24, 2.45) is 5.92 Å². The number of ketones is 1. The van der Waals surface area contributed by atoms with Crippen LogP contribution in [-0.4, -0.2) is 30.4 Å². The second-order valence-corrected chi connectivity index (χ2v) is 10.0. The third kappa shape index (κ3) is 9.57. The molecule has 0 fully saturated rings. The van der Waals surface area contributed by atoms with E-state index in [1.165, 1.54) is 6.92 Å². The summed E-state index contributed by atoms with van der Waals surface area (Å²) >= 11 is 5.94. The first-order valence-electron chi connectivity index (χ1n) is 13.9. The highest BCUT2D eigenvalue weighted by Gasteiger charge is 2.34. The van der Waals surface area contributed by atoms with Crippen LogP contribution in [0.15, 0.2) is 66.7 Å². The Labute approximate surface area is 248 Å². The average Bonchev–Trinajstić information content (AvgIpc) is 2.94. The number of Topliss-reactive ketones (excluding diaryl/α,β-unsaturated/α-hetero) is 1. The van der Waals surface area contributed by atoms with Gasteiger partial charge in [-0.3, -0.25) is 9.59 Å². The molecular formula is C33H40ClN3O4. The predicted octanol–water partition coefficient (Wildman–Crippen LogP) is 7.79. The molecule has 3 aromatic carbocycles. The Hall–Kier alpha value is -3.97. The van der Waals surface area contributed by atoms with Crippen molar-refractivity contribution in [3.05, 3.63) is 88.4 Å². The van der Waals surface area contributed by atoms with Crippen LogP contribution in [0, 0.1) is 18.3 Å². The van der Waals surface area contributed by atoms with E-state index in [4.69, 9.17) is 21.7 Å². The van der Waals surface area contributed by atoms with Crippen molar-refractivity contribution in [1.29, 1.82) is 5.41 Å². The molecule has 1 heterocycles. The lowest BCUT2D eigenvalue weighted by Crippen LogP contribution is -2.41. The number of carbonyl (C=O) groups excluding carboxylic acids is 3. The minimum Gasteiger partial charge on any atom is -0.474 e. The lowest BCUT2D eigenvalue weighted by Gasteiger charge is -2.34. The van der Waals surface area contributed by atoms with E-state index in [-0.39, 0.29) is 23.5 Å². The fourth-order valence-electron chi connectivity index (χ4n) is 4.35. The zero-order valence-corrected chi connectivity index (χ0v) is 25.4. The molecule has 3 aromatic rings. The van der Waals surface area contributed by atoms with Gasteiger partial charge in [0, 0.05) is 42.4 Å². The number of halogens is 1. The molecule has 2 N–H and O–H groups in total. The number of anilines is 2. The van der Waals surface area contributed by atoms with E-state index in [0.717, 1.165) is 28.8 Å². The largest absolute Gasteiger partial charge is 0.474 e. The van der Waals surface area contributed by atoms with Gasteiger partial charge in [-0.05, 0) is 62.6 Å². The molecule has 1 aliphatic heterocycles. The number of benzene rings is 3. The normalized spacial score (nSPS) is 14.2. The van der Waals surface area contributed by atoms with E-state index in [0.29, 0.717) is 35.7 Å². The van der Waals surface area contributed by atoms with Crippen LogP contribution in [-0.2, 0) is 14.4 Å². The first-order chi connectivity index (χ1) is 19.6. The van der Waals surface area contributed by atoms with Crippen LogP contribution in [0.4, 0.5) is 11.4 Å². The highest BCUT2D eigenvalue weighted by Crippen LogP contribution is 2.39. The number of aryl methyl sites for hydroxylation is 1. The molecule has 2 amide bonds. The summed E-state index contributed by atoms with van der Waals surface area (Å²) in [6.45, 7) is 12.0. The molecule has 0 aliphatic carbocycles. The number of amides is 2. The van der Waals surface area contributed by atoms with Gasteiger partial charge in [-0.2, -0.15) is 0 Å². The summed E-state index contributed by atoms with van der Waals surface area (Å²) in [5.41, 5.74) is 4.07. The Kier molecular flexibility index (Phi) is 13.2. The van der Waals surface area contributed by atoms with Gasteiger partial charge in [-0.25, -0.2) is 0 Å². The molecule has 7 nitrogen and oxygen atoms in total. The third-order valence-corrected chi connectivity index (χ3v) is 6.50. The van der Waals surface area contributed by atoms with Crippen molar-refractivity contribution in [3.8, 4) is 5.75 Å². The third-order valence-electron chi connectivity index (χ3n) is 6.17. The van der Waals surface area contributed by atoms with Gasteiger partial charge in [0.15, 0.2) is 0 Å². The molecule has 0 saturated heterocycles. The zero-order chi connectivity index (χ0) is 30.5. The maximum Gasteiger partial charge on any atom is 0.272 e. The molecular weight excluding hydrogens is 538 g/mol. The van der Waals surface area contributed by atoms with E-state index in [9.17, 15) is 14.4 Å². The summed E-state index contributed by atoms with van der Waals surface area (Å²) in [6, 6.07) is 20.6. The van der Waals surface area contributed by atoms with Crippen LogP contribution in [0.3, 0.4) is 0 Å². The van der Waals surface area contributed by atoms with Gasteiger partial charge < -0.3 is 25.2 Å². The molecule has 2 unspecified atom stereocenters. The average molecular weight is 578 g/mol. The van der Waals surface area contributed by atoms with Crippen LogP contribution < -0.4 is 15.0 Å². The molecule has 8 heteroatoms. The minimum absolute atomic E-state index is 0.00458. The lowest BCUT2D eigenvalue weighted by atomic mass is 10.0. The van der Waals surface area contributed by atoms with Crippen LogP contribution >= 0.6 is 11.6 Å². The van der Waals surface area contributed by atoms with Crippen molar-refractivity contribution in [3.63, 3.8) is 0 Å². The van der Waals surface area contributed by atoms with Crippen LogP contribution in [0.25, 0.3) is 0 Å². The number of nitrogens with zero attached hydrogens (tertiary/aromatic N) is 1. The summed E-state index contributed by atoms with van der Waals surface area (Å²) in [7, 11) is 0. The smallest absolute Gasteiger partial charge is 0.272 e. The van der Waals surface area contributed by atoms with Gasteiger partial charge in [-0.1, -0.05) is 68.8 Å². The van der Waals surface area contributed by atoms with Gasteiger partial charge >= 0.3 is 0 Å². The number of carbonyl (C=O) groups is 3. The van der Waals surface area contributed by atoms with Gasteiger partial charge in [0.25, 0.3) is 5.91 Å². The Morgan fingerprint density at radius 2 is 1.76 bits per heavy atom. The molecule has 0 radical (unpaired) electrons. The van der Waals surface area contributed by atoms with Crippen molar-refractivity contribution < 1.29 is 19.1 Å². The summed E-state index contributed by atoms with van der Waals surface area (Å²) in [4.78, 5) is 37.1. The van der Waals surface area contributed by atoms with Crippen LogP contribution in [0.2, 0.25) is 5.02 Å². The number of hydrogen-bond acceptors (Lipinski definition) is 5. The second-order valence-electron chi connectivity index (χ2n) is 9.61. The highest BCUT2D eigenvalue weighted by molar-refractivity contribution is 6.33. The number of ether oxygens (including phenoxy) is 1. The Morgan fingerprint density at radius 1 is 1.07 bits per heavy atom. The molecule has 0 spiro atoms. The first kappa shape index (κ1) is 33.2. The predicted molar refractivity (Wildman–Crippen MR) is 167 cm³/mol. The number of hydrogen-bond donors (Lipinski definition) is 2. The molecule has 218 valence electrons. The van der Waals surface area contributed by atoms with Crippen molar-refractivity contribution >= 4 is 46.8 Å². The number of rotatable bonds is 8. The number of fused-ring (bicyclic) bond motifs is 1. The maximum atomic E-state index is 12.6. The number of likely N-dealkylation sites (N-methyl/N-ethyl adjacent to an activating group) is 1. The van der Waals surface area contributed by atoms with Crippen LogP contribution in [0.5, 0.6) is 5.75 Å². The van der Waals surface area contributed by atoms with Gasteiger partial charge in [0.05, 0.1) is 10.7 Å². The van der Waals surface area contributed by atoms with E-state index >= 15 is 0 Å². The van der Waals surface area contributed by atoms with Gasteiger partial charge in [0.2, 0.25) is 12.0 Å². The Morgan fingerprint density at radius 3 is 2.34 bits per heavy atom. The van der Waals surface area contributed by atoms with Gasteiger partial charge in [0.1, 0.15) is 11.5 Å². The molecule has 1 aliphatic rings. The fraction of sp³-hybridized carbons (Fsp3) is 0.333. The quantitative estimate of drug-likeness (QED) is 0.267. The summed E-state index contributed by atoms with van der Waals surface area (Å²) in [6.07, 6.45) is 1.30. The molecule has 0 saturated carbocycles.